The largest absolute Gasteiger partial charge is 0.207 e. The Kier molecular flexibility index (Phi) is 4.33. The Balaban J connectivity index is 2.27. The molecule has 0 saturated carbocycles. The fraction of sp³-hybridized carbons (Fsp3) is 0.0526. The van der Waals surface area contributed by atoms with E-state index in [0.717, 1.165) is 0 Å². The van der Waals surface area contributed by atoms with Gasteiger partial charge in [-0.1, -0.05) is 0 Å². The molecule has 0 saturated heterocycles. The van der Waals surface area contributed by atoms with Crippen molar-refractivity contribution in [2.24, 2.45) is 0 Å². The number of hydrogen-bond donors (Lipinski definition) is 0. The van der Waals surface area contributed by atoms with Crippen LogP contribution in [0.15, 0.2) is 12.1 Å². The molecule has 0 fully saturated rings. The zero-order valence-electron chi connectivity index (χ0n) is 13.9. The van der Waals surface area contributed by atoms with Crippen LogP contribution in [-0.4, -0.2) is 0 Å². The van der Waals surface area contributed by atoms with Crippen molar-refractivity contribution < 1.29 is 48.3 Å². The first-order chi connectivity index (χ1) is 14.0. The van der Waals surface area contributed by atoms with Gasteiger partial charge in [-0.3, -0.25) is 0 Å². The van der Waals surface area contributed by atoms with Gasteiger partial charge in [-0.05, 0) is 6.07 Å². The Morgan fingerprint density at radius 3 is 1.27 bits per heavy atom. The predicted octanol–water partition coefficient (Wildman–Crippen LogP) is 6.38. The van der Waals surface area contributed by atoms with E-state index >= 15 is 0 Å². The van der Waals surface area contributed by atoms with Gasteiger partial charge in [-0.2, -0.15) is 0 Å². The Hall–Kier alpha value is -3.11. The molecular weight excluding hydrogens is 437 g/mol. The van der Waals surface area contributed by atoms with Crippen molar-refractivity contribution in [3.63, 3.8) is 0 Å². The Bertz CT molecular complexity index is 1190. The summed E-state index contributed by atoms with van der Waals surface area (Å²) in [7, 11) is 0. The molecule has 3 aromatic rings. The van der Waals surface area contributed by atoms with E-state index in [4.69, 9.17) is 0 Å². The summed E-state index contributed by atoms with van der Waals surface area (Å²) in [5, 5.41) is 0. The summed E-state index contributed by atoms with van der Waals surface area (Å²) in [6, 6.07) is 0.166. The minimum Gasteiger partial charge on any atom is -0.207 e. The van der Waals surface area contributed by atoms with Gasteiger partial charge in [0.1, 0.15) is 5.82 Å². The second-order valence-electron chi connectivity index (χ2n) is 6.31. The molecule has 0 atom stereocenters. The highest BCUT2D eigenvalue weighted by Crippen LogP contribution is 2.54. The van der Waals surface area contributed by atoms with Crippen molar-refractivity contribution in [1.82, 2.24) is 0 Å². The Labute approximate surface area is 159 Å². The standard InChI is InChI=1S/C19H3F11/c20-3-1-4(11(22)5(21)2-3)6-7-9(14(25)18(29)16(27)12(7)23)10-8(6)13(24)17(28)19(30)15(10)26/h1-2,6H. The smallest absolute Gasteiger partial charge is 0.198 e. The topological polar surface area (TPSA) is 0 Å². The fourth-order valence-electron chi connectivity index (χ4n) is 3.57. The van der Waals surface area contributed by atoms with Gasteiger partial charge in [-0.25, -0.2) is 48.3 Å². The summed E-state index contributed by atoms with van der Waals surface area (Å²) in [5.74, 6) is -27.2. The maximum absolute atomic E-state index is 14.5. The molecule has 3 aromatic carbocycles. The Morgan fingerprint density at radius 1 is 0.433 bits per heavy atom. The third-order valence-electron chi connectivity index (χ3n) is 4.77. The summed E-state index contributed by atoms with van der Waals surface area (Å²) in [6.07, 6.45) is 0. The van der Waals surface area contributed by atoms with Gasteiger partial charge in [0.05, 0.1) is 0 Å². The van der Waals surface area contributed by atoms with Crippen molar-refractivity contribution in [1.29, 1.82) is 0 Å². The van der Waals surface area contributed by atoms with E-state index < -0.39 is 97.7 Å². The average molecular weight is 440 g/mol. The van der Waals surface area contributed by atoms with Gasteiger partial charge < -0.3 is 0 Å². The van der Waals surface area contributed by atoms with Crippen LogP contribution in [0.2, 0.25) is 0 Å². The van der Waals surface area contributed by atoms with E-state index in [2.05, 4.69) is 0 Å². The van der Waals surface area contributed by atoms with Gasteiger partial charge in [0.25, 0.3) is 0 Å². The number of hydrogen-bond acceptors (Lipinski definition) is 0. The fourth-order valence-corrected chi connectivity index (χ4v) is 3.57. The second-order valence-corrected chi connectivity index (χ2v) is 6.31. The third-order valence-corrected chi connectivity index (χ3v) is 4.77. The van der Waals surface area contributed by atoms with Crippen LogP contribution in [-0.2, 0) is 0 Å². The molecule has 0 heterocycles. The molecule has 0 bridgehead atoms. The Morgan fingerprint density at radius 2 is 0.833 bits per heavy atom. The average Bonchev–Trinajstić information content (AvgIpc) is 3.06. The van der Waals surface area contributed by atoms with E-state index in [1.54, 1.807) is 0 Å². The van der Waals surface area contributed by atoms with Crippen LogP contribution in [0, 0.1) is 64.0 Å². The molecule has 4 rings (SSSR count). The van der Waals surface area contributed by atoms with Crippen LogP contribution < -0.4 is 0 Å². The lowest BCUT2D eigenvalue weighted by atomic mass is 9.87. The summed E-state index contributed by atoms with van der Waals surface area (Å²) in [5.41, 5.74) is -7.46. The quantitative estimate of drug-likeness (QED) is 0.183. The van der Waals surface area contributed by atoms with E-state index in [9.17, 15) is 48.3 Å². The molecule has 1 aliphatic rings. The molecule has 1 aliphatic carbocycles. The number of benzene rings is 3. The molecule has 0 spiro atoms. The number of fused-ring (bicyclic) bond motifs is 3. The molecule has 0 N–H and O–H groups in total. The summed E-state index contributed by atoms with van der Waals surface area (Å²) >= 11 is 0. The van der Waals surface area contributed by atoms with Crippen LogP contribution in [0.3, 0.4) is 0 Å². The third kappa shape index (κ3) is 2.40. The number of rotatable bonds is 1. The van der Waals surface area contributed by atoms with Crippen LogP contribution in [0.25, 0.3) is 11.1 Å². The summed E-state index contributed by atoms with van der Waals surface area (Å²) in [6.45, 7) is 0. The zero-order valence-corrected chi connectivity index (χ0v) is 13.9. The second kappa shape index (κ2) is 6.44. The first kappa shape index (κ1) is 20.2. The summed E-state index contributed by atoms with van der Waals surface area (Å²) in [4.78, 5) is 0. The highest BCUT2D eigenvalue weighted by Gasteiger charge is 2.45. The molecule has 30 heavy (non-hydrogen) atoms. The van der Waals surface area contributed by atoms with E-state index in [1.165, 1.54) is 0 Å². The van der Waals surface area contributed by atoms with Crippen LogP contribution in [0.4, 0.5) is 48.3 Å². The summed E-state index contributed by atoms with van der Waals surface area (Å²) < 4.78 is 155. The van der Waals surface area contributed by atoms with Crippen molar-refractivity contribution in [2.75, 3.05) is 0 Å². The van der Waals surface area contributed by atoms with Crippen molar-refractivity contribution in [2.45, 2.75) is 5.92 Å². The molecule has 0 aliphatic heterocycles. The maximum Gasteiger partial charge on any atom is 0.198 e. The minimum atomic E-state index is -2.57. The van der Waals surface area contributed by atoms with Crippen LogP contribution in [0.5, 0.6) is 0 Å². The monoisotopic (exact) mass is 440 g/mol. The lowest BCUT2D eigenvalue weighted by molar-refractivity contribution is 0.405. The van der Waals surface area contributed by atoms with Gasteiger partial charge in [0.2, 0.25) is 0 Å². The molecule has 0 radical (unpaired) electrons. The lowest BCUT2D eigenvalue weighted by Crippen LogP contribution is -2.11. The molecule has 0 aromatic heterocycles. The van der Waals surface area contributed by atoms with Gasteiger partial charge >= 0.3 is 0 Å². The van der Waals surface area contributed by atoms with Crippen LogP contribution >= 0.6 is 0 Å². The molecule has 156 valence electrons. The maximum atomic E-state index is 14.5. The zero-order chi connectivity index (χ0) is 22.2. The van der Waals surface area contributed by atoms with Crippen molar-refractivity contribution >= 4 is 0 Å². The highest BCUT2D eigenvalue weighted by molar-refractivity contribution is 5.82. The predicted molar refractivity (Wildman–Crippen MR) is 78.8 cm³/mol. The normalized spacial score (nSPS) is 13.0. The van der Waals surface area contributed by atoms with Crippen LogP contribution in [0.1, 0.15) is 22.6 Å². The van der Waals surface area contributed by atoms with Gasteiger partial charge in [-0.15, -0.1) is 0 Å². The van der Waals surface area contributed by atoms with Gasteiger partial charge in [0, 0.05) is 39.8 Å². The SMILES string of the molecule is Fc1cc(F)c(F)c(C2c3c(F)c(F)c(F)c(F)c3-c3c(F)c(F)c(F)c(F)c32)c1. The highest BCUT2D eigenvalue weighted by atomic mass is 19.2. The molecule has 0 amide bonds. The number of halogens is 11. The van der Waals surface area contributed by atoms with Crippen molar-refractivity contribution in [3.05, 3.63) is 92.8 Å². The lowest BCUT2D eigenvalue weighted by Gasteiger charge is -2.17. The molecule has 11 heteroatoms. The molecule has 0 nitrogen and oxygen atoms in total. The van der Waals surface area contributed by atoms with E-state index in [0.29, 0.717) is 0 Å². The molecular formula is C19H3F11. The van der Waals surface area contributed by atoms with Crippen molar-refractivity contribution in [3.8, 4) is 11.1 Å². The minimum absolute atomic E-state index is 0.0139. The molecule has 0 unspecified atom stereocenters. The van der Waals surface area contributed by atoms with E-state index in [1.807, 2.05) is 0 Å². The first-order valence-corrected chi connectivity index (χ1v) is 7.85. The first-order valence-electron chi connectivity index (χ1n) is 7.85. The van der Waals surface area contributed by atoms with E-state index in [-0.39, 0.29) is 12.1 Å². The van der Waals surface area contributed by atoms with Gasteiger partial charge in [0.15, 0.2) is 58.2 Å².